The molecule has 0 N–H and O–H groups in total. The molecule has 1 saturated heterocycles. The highest BCUT2D eigenvalue weighted by molar-refractivity contribution is 7.91. The topological polar surface area (TPSA) is 34.1 Å². The summed E-state index contributed by atoms with van der Waals surface area (Å²) in [5.74, 6) is 1.77. The summed E-state index contributed by atoms with van der Waals surface area (Å²) in [6, 6.07) is 0. The zero-order chi connectivity index (χ0) is 9.19. The number of hydrogen-bond acceptors (Lipinski definition) is 2. The van der Waals surface area contributed by atoms with E-state index in [4.69, 9.17) is 0 Å². The Hall–Kier alpha value is -0.0500. The third-order valence-corrected chi connectivity index (χ3v) is 4.66. The van der Waals surface area contributed by atoms with E-state index in [2.05, 4.69) is 13.8 Å². The summed E-state index contributed by atoms with van der Waals surface area (Å²) in [4.78, 5) is 0. The minimum absolute atomic E-state index is 0.439. The smallest absolute Gasteiger partial charge is 0.150 e. The van der Waals surface area contributed by atoms with Crippen molar-refractivity contribution in [2.45, 2.75) is 33.1 Å². The van der Waals surface area contributed by atoms with Crippen molar-refractivity contribution in [3.8, 4) is 0 Å². The van der Waals surface area contributed by atoms with Crippen LogP contribution in [0.4, 0.5) is 0 Å². The second-order valence-corrected chi connectivity index (χ2v) is 5.95. The average Bonchev–Trinajstić information content (AvgIpc) is 2.26. The van der Waals surface area contributed by atoms with E-state index >= 15 is 0 Å². The molecule has 0 spiro atoms. The van der Waals surface area contributed by atoms with Gasteiger partial charge in [-0.3, -0.25) is 0 Å². The summed E-state index contributed by atoms with van der Waals surface area (Å²) in [6.45, 7) is 4.21. The number of sulfone groups is 1. The van der Waals surface area contributed by atoms with E-state index in [1.165, 1.54) is 0 Å². The molecule has 1 heterocycles. The molecule has 0 aromatic rings. The van der Waals surface area contributed by atoms with Crippen LogP contribution in [-0.4, -0.2) is 19.9 Å². The van der Waals surface area contributed by atoms with Crippen molar-refractivity contribution in [2.75, 3.05) is 11.5 Å². The minimum atomic E-state index is -2.68. The molecule has 0 aromatic heterocycles. The van der Waals surface area contributed by atoms with E-state index < -0.39 is 9.84 Å². The van der Waals surface area contributed by atoms with Crippen LogP contribution in [0.25, 0.3) is 0 Å². The molecule has 1 rings (SSSR count). The molecule has 72 valence electrons. The predicted molar refractivity (Wildman–Crippen MR) is 50.8 cm³/mol. The van der Waals surface area contributed by atoms with Gasteiger partial charge in [-0.05, 0) is 18.3 Å². The van der Waals surface area contributed by atoms with Crippen LogP contribution in [0, 0.1) is 11.8 Å². The Bertz CT molecular complexity index is 231. The van der Waals surface area contributed by atoms with Gasteiger partial charge < -0.3 is 0 Å². The summed E-state index contributed by atoms with van der Waals surface area (Å²) >= 11 is 0. The van der Waals surface area contributed by atoms with Gasteiger partial charge in [0.1, 0.15) is 0 Å². The maximum atomic E-state index is 11.3. The Labute approximate surface area is 75.3 Å². The number of rotatable bonds is 3. The lowest BCUT2D eigenvalue weighted by Gasteiger charge is -2.13. The summed E-state index contributed by atoms with van der Waals surface area (Å²) in [7, 11) is -2.68. The molecular formula is C9H18O2S. The van der Waals surface area contributed by atoms with Crippen LogP contribution < -0.4 is 0 Å². The van der Waals surface area contributed by atoms with Crippen molar-refractivity contribution in [3.05, 3.63) is 0 Å². The van der Waals surface area contributed by atoms with E-state index in [0.717, 1.165) is 19.3 Å². The summed E-state index contributed by atoms with van der Waals surface area (Å²) in [6.07, 6.45) is 3.21. The quantitative estimate of drug-likeness (QED) is 0.680. The molecule has 2 unspecified atom stereocenters. The molecule has 1 aliphatic rings. The first-order valence-electron chi connectivity index (χ1n) is 4.79. The van der Waals surface area contributed by atoms with Crippen molar-refractivity contribution in [2.24, 2.45) is 11.8 Å². The van der Waals surface area contributed by atoms with Crippen LogP contribution in [0.2, 0.25) is 0 Å². The van der Waals surface area contributed by atoms with Gasteiger partial charge in [0, 0.05) is 0 Å². The molecule has 0 aliphatic carbocycles. The highest BCUT2D eigenvalue weighted by Crippen LogP contribution is 2.31. The van der Waals surface area contributed by atoms with E-state index in [9.17, 15) is 8.42 Å². The van der Waals surface area contributed by atoms with Gasteiger partial charge in [-0.25, -0.2) is 8.42 Å². The molecule has 2 nitrogen and oxygen atoms in total. The monoisotopic (exact) mass is 190 g/mol. The molecule has 0 radical (unpaired) electrons. The minimum Gasteiger partial charge on any atom is -0.229 e. The van der Waals surface area contributed by atoms with Crippen LogP contribution in [0.15, 0.2) is 0 Å². The van der Waals surface area contributed by atoms with E-state index in [1.807, 2.05) is 0 Å². The highest BCUT2D eigenvalue weighted by Gasteiger charge is 2.35. The first-order valence-corrected chi connectivity index (χ1v) is 6.61. The van der Waals surface area contributed by atoms with Crippen molar-refractivity contribution in [1.29, 1.82) is 0 Å². The van der Waals surface area contributed by atoms with Crippen LogP contribution in [0.5, 0.6) is 0 Å². The van der Waals surface area contributed by atoms with Crippen molar-refractivity contribution in [1.82, 2.24) is 0 Å². The Kier molecular flexibility index (Phi) is 3.16. The highest BCUT2D eigenvalue weighted by atomic mass is 32.2. The lowest BCUT2D eigenvalue weighted by molar-refractivity contribution is 0.381. The molecule has 1 fully saturated rings. The van der Waals surface area contributed by atoms with Gasteiger partial charge in [0.2, 0.25) is 0 Å². The van der Waals surface area contributed by atoms with E-state index in [0.29, 0.717) is 23.3 Å². The molecule has 0 amide bonds. The molecule has 0 saturated carbocycles. The fourth-order valence-corrected chi connectivity index (χ4v) is 4.52. The molecule has 1 aliphatic heterocycles. The molecule has 12 heavy (non-hydrogen) atoms. The van der Waals surface area contributed by atoms with Gasteiger partial charge in [-0.2, -0.15) is 0 Å². The fraction of sp³-hybridized carbons (Fsp3) is 1.00. The first-order chi connectivity index (χ1) is 5.59. The van der Waals surface area contributed by atoms with Crippen molar-refractivity contribution in [3.63, 3.8) is 0 Å². The Morgan fingerprint density at radius 3 is 2.25 bits per heavy atom. The molecular weight excluding hydrogens is 172 g/mol. The van der Waals surface area contributed by atoms with Gasteiger partial charge >= 0.3 is 0 Å². The predicted octanol–water partition coefficient (Wildman–Crippen LogP) is 1.86. The van der Waals surface area contributed by atoms with Gasteiger partial charge in [0.15, 0.2) is 9.84 Å². The lowest BCUT2D eigenvalue weighted by atomic mass is 9.90. The van der Waals surface area contributed by atoms with Gasteiger partial charge in [0.25, 0.3) is 0 Å². The molecule has 3 heteroatoms. The second kappa shape index (κ2) is 3.77. The normalized spacial score (nSPS) is 33.8. The Balaban J connectivity index is 2.63. The van der Waals surface area contributed by atoms with Crippen molar-refractivity contribution >= 4 is 9.84 Å². The summed E-state index contributed by atoms with van der Waals surface area (Å²) < 4.78 is 22.6. The van der Waals surface area contributed by atoms with E-state index in [1.54, 1.807) is 0 Å². The van der Waals surface area contributed by atoms with Crippen molar-refractivity contribution < 1.29 is 8.42 Å². The standard InChI is InChI=1S/C9H18O2S/c1-3-5-9-7-12(10,11)6-8(9)4-2/h8-9H,3-7H2,1-2H3. The second-order valence-electron chi connectivity index (χ2n) is 3.79. The maximum absolute atomic E-state index is 11.3. The molecule has 0 bridgehead atoms. The maximum Gasteiger partial charge on any atom is 0.150 e. The SMILES string of the molecule is CCCC1CS(=O)(=O)CC1CC. The van der Waals surface area contributed by atoms with Gasteiger partial charge in [-0.1, -0.05) is 26.7 Å². The first kappa shape index (κ1) is 10.0. The fourth-order valence-electron chi connectivity index (χ4n) is 2.13. The number of hydrogen-bond donors (Lipinski definition) is 0. The zero-order valence-corrected chi connectivity index (χ0v) is 8.73. The molecule has 0 aromatic carbocycles. The van der Waals surface area contributed by atoms with Crippen LogP contribution >= 0.6 is 0 Å². The summed E-state index contributed by atoms with van der Waals surface area (Å²) in [5.41, 5.74) is 0. The van der Waals surface area contributed by atoms with Gasteiger partial charge in [-0.15, -0.1) is 0 Å². The van der Waals surface area contributed by atoms with Gasteiger partial charge in [0.05, 0.1) is 11.5 Å². The third-order valence-electron chi connectivity index (χ3n) is 2.79. The Morgan fingerprint density at radius 1 is 1.17 bits per heavy atom. The average molecular weight is 190 g/mol. The van der Waals surface area contributed by atoms with Crippen LogP contribution in [-0.2, 0) is 9.84 Å². The lowest BCUT2D eigenvalue weighted by Crippen LogP contribution is -2.10. The summed E-state index contributed by atoms with van der Waals surface area (Å²) in [5, 5.41) is 0. The Morgan fingerprint density at radius 2 is 1.75 bits per heavy atom. The molecule has 2 atom stereocenters. The van der Waals surface area contributed by atoms with E-state index in [-0.39, 0.29) is 0 Å². The zero-order valence-electron chi connectivity index (χ0n) is 7.91. The van der Waals surface area contributed by atoms with Crippen LogP contribution in [0.3, 0.4) is 0 Å². The largest absolute Gasteiger partial charge is 0.229 e. The van der Waals surface area contributed by atoms with Crippen LogP contribution in [0.1, 0.15) is 33.1 Å². The third kappa shape index (κ3) is 2.22.